The Kier molecular flexibility index (Phi) is 4.18. The average molecular weight is 295 g/mol. The number of aryl methyl sites for hydroxylation is 1. The van der Waals surface area contributed by atoms with Crippen molar-refractivity contribution in [1.82, 2.24) is 14.8 Å². The number of methoxy groups -OCH3 is 1. The van der Waals surface area contributed by atoms with Gasteiger partial charge in [0.15, 0.2) is 11.6 Å². The Morgan fingerprint density at radius 2 is 2.10 bits per heavy atom. The summed E-state index contributed by atoms with van der Waals surface area (Å²) in [6.45, 7) is 4.27. The summed E-state index contributed by atoms with van der Waals surface area (Å²) in [7, 11) is 3.45. The third-order valence-corrected chi connectivity index (χ3v) is 3.28. The first-order valence-electron chi connectivity index (χ1n) is 6.45. The number of benzene rings is 1. The maximum atomic E-state index is 6.10. The third kappa shape index (κ3) is 2.88. The Morgan fingerprint density at radius 1 is 1.40 bits per heavy atom. The maximum absolute atomic E-state index is 6.10. The van der Waals surface area contributed by atoms with Crippen molar-refractivity contribution in [3.63, 3.8) is 0 Å². The lowest BCUT2D eigenvalue weighted by Crippen LogP contribution is -1.99. The van der Waals surface area contributed by atoms with Crippen LogP contribution in [-0.4, -0.2) is 21.9 Å². The number of rotatable bonds is 4. The van der Waals surface area contributed by atoms with Crippen molar-refractivity contribution in [2.24, 2.45) is 13.0 Å². The van der Waals surface area contributed by atoms with Gasteiger partial charge in [0.25, 0.3) is 0 Å². The number of nitrogen functional groups attached to an aromatic ring is 1. The van der Waals surface area contributed by atoms with Crippen LogP contribution in [0.5, 0.6) is 5.75 Å². The van der Waals surface area contributed by atoms with Gasteiger partial charge in [-0.25, -0.2) is 9.67 Å². The van der Waals surface area contributed by atoms with E-state index in [1.807, 2.05) is 7.05 Å². The molecule has 20 heavy (non-hydrogen) atoms. The normalized spacial score (nSPS) is 11.1. The molecule has 0 bridgehead atoms. The minimum absolute atomic E-state index is 0.481. The van der Waals surface area contributed by atoms with Gasteiger partial charge in [-0.15, -0.1) is 0 Å². The molecular weight excluding hydrogens is 276 g/mol. The van der Waals surface area contributed by atoms with Crippen LogP contribution in [-0.2, 0) is 13.5 Å². The van der Waals surface area contributed by atoms with Gasteiger partial charge in [-0.05, 0) is 12.0 Å². The summed E-state index contributed by atoms with van der Waals surface area (Å²) < 4.78 is 7.10. The van der Waals surface area contributed by atoms with Crippen LogP contribution in [0, 0.1) is 5.92 Å². The minimum atomic E-state index is 0.481. The van der Waals surface area contributed by atoms with Gasteiger partial charge in [0.05, 0.1) is 23.4 Å². The lowest BCUT2D eigenvalue weighted by molar-refractivity contribution is 0.416. The molecule has 0 spiro atoms. The van der Waals surface area contributed by atoms with E-state index in [0.717, 1.165) is 23.6 Å². The first-order valence-corrected chi connectivity index (χ1v) is 6.83. The number of hydrogen-bond acceptors (Lipinski definition) is 4. The number of anilines is 1. The molecule has 0 fully saturated rings. The molecule has 2 N–H and O–H groups in total. The van der Waals surface area contributed by atoms with E-state index in [4.69, 9.17) is 22.1 Å². The molecule has 2 aromatic rings. The summed E-state index contributed by atoms with van der Waals surface area (Å²) in [5, 5.41) is 4.91. The number of nitrogens with two attached hydrogens (primary N) is 1. The molecule has 108 valence electrons. The molecule has 0 unspecified atom stereocenters. The number of nitrogens with zero attached hydrogens (tertiary/aromatic N) is 3. The first kappa shape index (κ1) is 14.7. The fourth-order valence-corrected chi connectivity index (χ4v) is 2.20. The molecule has 0 atom stereocenters. The molecule has 0 amide bonds. The Labute approximate surface area is 123 Å². The van der Waals surface area contributed by atoms with Gasteiger partial charge < -0.3 is 10.5 Å². The summed E-state index contributed by atoms with van der Waals surface area (Å²) in [6.07, 6.45) is 0.832. The SMILES string of the molecule is COc1cc(N)c(Cl)cc1-c1nc(CC(C)C)nn1C. The number of hydrogen-bond donors (Lipinski definition) is 1. The van der Waals surface area contributed by atoms with Crippen LogP contribution < -0.4 is 10.5 Å². The Balaban J connectivity index is 2.50. The first-order chi connectivity index (χ1) is 9.42. The molecule has 0 aliphatic heterocycles. The average Bonchev–Trinajstić information content (AvgIpc) is 2.72. The van der Waals surface area contributed by atoms with Crippen molar-refractivity contribution in [3.8, 4) is 17.1 Å². The number of halogens is 1. The fourth-order valence-electron chi connectivity index (χ4n) is 2.04. The van der Waals surface area contributed by atoms with Crippen LogP contribution in [0.1, 0.15) is 19.7 Å². The van der Waals surface area contributed by atoms with Crippen LogP contribution in [0.4, 0.5) is 5.69 Å². The van der Waals surface area contributed by atoms with Crippen molar-refractivity contribution in [2.75, 3.05) is 12.8 Å². The lowest BCUT2D eigenvalue weighted by atomic mass is 10.1. The smallest absolute Gasteiger partial charge is 0.161 e. The molecule has 0 saturated carbocycles. The highest BCUT2D eigenvalue weighted by Crippen LogP contribution is 2.35. The number of aromatic nitrogens is 3. The van der Waals surface area contributed by atoms with E-state index < -0.39 is 0 Å². The Morgan fingerprint density at radius 3 is 2.70 bits per heavy atom. The summed E-state index contributed by atoms with van der Waals surface area (Å²) >= 11 is 6.10. The van der Waals surface area contributed by atoms with Crippen LogP contribution in [0.3, 0.4) is 0 Å². The second-order valence-electron chi connectivity index (χ2n) is 5.15. The summed E-state index contributed by atoms with van der Waals surface area (Å²) in [5.41, 5.74) is 7.07. The molecular formula is C14H19ClN4O. The van der Waals surface area contributed by atoms with E-state index in [1.54, 1.807) is 23.9 Å². The molecule has 0 saturated heterocycles. The predicted molar refractivity (Wildman–Crippen MR) is 81.0 cm³/mol. The molecule has 0 aliphatic rings. The van der Waals surface area contributed by atoms with E-state index in [0.29, 0.717) is 22.4 Å². The highest BCUT2D eigenvalue weighted by Gasteiger charge is 2.16. The van der Waals surface area contributed by atoms with Gasteiger partial charge in [0.2, 0.25) is 0 Å². The molecule has 1 aromatic heterocycles. The summed E-state index contributed by atoms with van der Waals surface area (Å²) in [5.74, 6) is 2.67. The topological polar surface area (TPSA) is 66.0 Å². The molecule has 6 heteroatoms. The van der Waals surface area contributed by atoms with Gasteiger partial charge in [-0.2, -0.15) is 5.10 Å². The van der Waals surface area contributed by atoms with Crippen LogP contribution in [0.15, 0.2) is 12.1 Å². The zero-order valence-corrected chi connectivity index (χ0v) is 12.9. The van der Waals surface area contributed by atoms with Gasteiger partial charge >= 0.3 is 0 Å². The van der Waals surface area contributed by atoms with Crippen molar-refractivity contribution in [3.05, 3.63) is 23.0 Å². The van der Waals surface area contributed by atoms with Gasteiger partial charge in [-0.3, -0.25) is 0 Å². The Hall–Kier alpha value is -1.75. The van der Waals surface area contributed by atoms with E-state index in [2.05, 4.69) is 23.9 Å². The second-order valence-corrected chi connectivity index (χ2v) is 5.55. The van der Waals surface area contributed by atoms with Gasteiger partial charge in [0, 0.05) is 19.5 Å². The molecule has 1 aromatic carbocycles. The standard InChI is InChI=1S/C14H19ClN4O/c1-8(2)5-13-17-14(19(3)18-13)9-6-10(15)11(16)7-12(9)20-4/h6-8H,5,16H2,1-4H3. The Bertz CT molecular complexity index is 622. The third-order valence-electron chi connectivity index (χ3n) is 2.96. The monoisotopic (exact) mass is 294 g/mol. The molecule has 0 aliphatic carbocycles. The fraction of sp³-hybridized carbons (Fsp3) is 0.429. The molecule has 0 radical (unpaired) electrons. The molecule has 2 rings (SSSR count). The van der Waals surface area contributed by atoms with Crippen LogP contribution in [0.2, 0.25) is 5.02 Å². The predicted octanol–water partition coefficient (Wildman–Crippen LogP) is 2.92. The molecule has 1 heterocycles. The summed E-state index contributed by atoms with van der Waals surface area (Å²) in [4.78, 5) is 4.57. The van der Waals surface area contributed by atoms with Crippen molar-refractivity contribution in [2.45, 2.75) is 20.3 Å². The van der Waals surface area contributed by atoms with Gasteiger partial charge in [-0.1, -0.05) is 25.4 Å². The van der Waals surface area contributed by atoms with E-state index in [1.165, 1.54) is 0 Å². The summed E-state index contributed by atoms with van der Waals surface area (Å²) in [6, 6.07) is 3.47. The van der Waals surface area contributed by atoms with Crippen molar-refractivity contribution >= 4 is 17.3 Å². The highest BCUT2D eigenvalue weighted by molar-refractivity contribution is 6.33. The van der Waals surface area contributed by atoms with Crippen molar-refractivity contribution < 1.29 is 4.74 Å². The van der Waals surface area contributed by atoms with Crippen molar-refractivity contribution in [1.29, 1.82) is 0 Å². The van der Waals surface area contributed by atoms with Gasteiger partial charge in [0.1, 0.15) is 5.75 Å². The van der Waals surface area contributed by atoms with Crippen LogP contribution in [0.25, 0.3) is 11.4 Å². The lowest BCUT2D eigenvalue weighted by Gasteiger charge is -2.09. The second kappa shape index (κ2) is 5.71. The van der Waals surface area contributed by atoms with Crippen LogP contribution >= 0.6 is 11.6 Å². The van der Waals surface area contributed by atoms with E-state index >= 15 is 0 Å². The highest BCUT2D eigenvalue weighted by atomic mass is 35.5. The largest absolute Gasteiger partial charge is 0.496 e. The zero-order chi connectivity index (χ0) is 14.9. The quantitative estimate of drug-likeness (QED) is 0.881. The number of ether oxygens (including phenoxy) is 1. The molecule has 5 nitrogen and oxygen atoms in total. The minimum Gasteiger partial charge on any atom is -0.496 e. The maximum Gasteiger partial charge on any atom is 0.161 e. The van der Waals surface area contributed by atoms with E-state index in [9.17, 15) is 0 Å². The van der Waals surface area contributed by atoms with E-state index in [-0.39, 0.29) is 0 Å². The zero-order valence-electron chi connectivity index (χ0n) is 12.1.